The molecule has 0 saturated carbocycles. The Morgan fingerprint density at radius 1 is 1.14 bits per heavy atom. The van der Waals surface area contributed by atoms with Crippen LogP contribution in [0, 0.1) is 0 Å². The van der Waals surface area contributed by atoms with Gasteiger partial charge < -0.3 is 5.32 Å². The van der Waals surface area contributed by atoms with Crippen LogP contribution in [0.15, 0.2) is 34.2 Å². The smallest absolute Gasteiger partial charge is 0.263 e. The maximum Gasteiger partial charge on any atom is 0.263 e. The highest BCUT2D eigenvalue weighted by atomic mass is 32.2. The van der Waals surface area contributed by atoms with Crippen molar-refractivity contribution in [2.45, 2.75) is 102 Å². The van der Waals surface area contributed by atoms with E-state index in [2.05, 4.69) is 12.2 Å². The summed E-state index contributed by atoms with van der Waals surface area (Å²) in [4.78, 5) is 45.6. The highest BCUT2D eigenvalue weighted by molar-refractivity contribution is 8.00. The van der Waals surface area contributed by atoms with Crippen molar-refractivity contribution in [3.63, 3.8) is 0 Å². The van der Waals surface area contributed by atoms with E-state index in [4.69, 9.17) is 4.98 Å². The molecule has 2 heterocycles. The summed E-state index contributed by atoms with van der Waals surface area (Å²) in [6, 6.07) is 6.95. The molecule has 37 heavy (non-hydrogen) atoms. The second-order valence-electron chi connectivity index (χ2n) is 9.90. The van der Waals surface area contributed by atoms with E-state index in [1.807, 2.05) is 11.5 Å². The molecule has 0 bridgehead atoms. The summed E-state index contributed by atoms with van der Waals surface area (Å²) >= 11 is 2.98. The Kier molecular flexibility index (Phi) is 9.60. The van der Waals surface area contributed by atoms with Crippen LogP contribution in [0.3, 0.4) is 0 Å². The summed E-state index contributed by atoms with van der Waals surface area (Å²) < 4.78 is 1.81. The van der Waals surface area contributed by atoms with Gasteiger partial charge in [-0.2, -0.15) is 0 Å². The first-order chi connectivity index (χ1) is 17.9. The van der Waals surface area contributed by atoms with E-state index in [0.717, 1.165) is 48.7 Å². The number of aryl methyl sites for hydroxylation is 2. The van der Waals surface area contributed by atoms with E-state index >= 15 is 0 Å². The zero-order valence-corrected chi connectivity index (χ0v) is 23.7. The minimum absolute atomic E-state index is 0.0437. The molecule has 3 aromatic rings. The number of carbonyl (C=O) groups excluding carboxylic acids is 2. The average molecular weight is 540 g/mol. The van der Waals surface area contributed by atoms with Crippen LogP contribution in [0.4, 0.5) is 5.69 Å². The van der Waals surface area contributed by atoms with Crippen molar-refractivity contribution >= 4 is 50.7 Å². The lowest BCUT2D eigenvalue weighted by Gasteiger charge is -2.16. The minimum Gasteiger partial charge on any atom is -0.325 e. The van der Waals surface area contributed by atoms with Gasteiger partial charge in [0.25, 0.3) is 5.56 Å². The fourth-order valence-electron chi connectivity index (χ4n) is 4.83. The molecular weight excluding hydrogens is 502 g/mol. The maximum absolute atomic E-state index is 13.8. The molecule has 1 aliphatic rings. The molecule has 1 aliphatic carbocycles. The zero-order valence-electron chi connectivity index (χ0n) is 22.1. The molecule has 0 spiro atoms. The lowest BCUT2D eigenvalue weighted by atomic mass is 9.97. The van der Waals surface area contributed by atoms with Gasteiger partial charge in [-0.25, -0.2) is 4.98 Å². The van der Waals surface area contributed by atoms with Crippen LogP contribution in [0.2, 0.25) is 0 Å². The van der Waals surface area contributed by atoms with Crippen LogP contribution in [-0.2, 0) is 24.2 Å². The van der Waals surface area contributed by atoms with Crippen LogP contribution >= 0.6 is 23.1 Å². The third-order valence-corrected chi connectivity index (χ3v) is 9.24. The van der Waals surface area contributed by atoms with E-state index in [1.54, 1.807) is 35.6 Å². The predicted octanol–water partition coefficient (Wildman–Crippen LogP) is 7.02. The molecule has 8 heteroatoms. The first-order valence-corrected chi connectivity index (χ1v) is 15.2. The SMILES string of the molecule is CCCCCCCCn1c(S[C@H](C)C(=O)Nc2cccc(C(C)=O)c2)nc2sc3c(c2c1=O)CCCC3. The highest BCUT2D eigenvalue weighted by Gasteiger charge is 2.24. The third-order valence-electron chi connectivity index (χ3n) is 6.96. The summed E-state index contributed by atoms with van der Waals surface area (Å²) in [5.41, 5.74) is 2.39. The third kappa shape index (κ3) is 6.71. The highest BCUT2D eigenvalue weighted by Crippen LogP contribution is 2.35. The van der Waals surface area contributed by atoms with Crippen molar-refractivity contribution in [3.8, 4) is 0 Å². The van der Waals surface area contributed by atoms with Gasteiger partial charge in [0, 0.05) is 22.7 Å². The summed E-state index contributed by atoms with van der Waals surface area (Å²) in [6.07, 6.45) is 11.1. The molecule has 6 nitrogen and oxygen atoms in total. The van der Waals surface area contributed by atoms with E-state index in [0.29, 0.717) is 23.0 Å². The fraction of sp³-hybridized carbons (Fsp3) is 0.517. The predicted molar refractivity (Wildman–Crippen MR) is 154 cm³/mol. The van der Waals surface area contributed by atoms with Crippen LogP contribution in [0.25, 0.3) is 10.2 Å². The normalized spacial score (nSPS) is 13.9. The van der Waals surface area contributed by atoms with Crippen molar-refractivity contribution in [1.29, 1.82) is 0 Å². The Bertz CT molecular complexity index is 1330. The molecule has 0 fully saturated rings. The largest absolute Gasteiger partial charge is 0.325 e. The molecule has 2 aromatic heterocycles. The number of thioether (sulfide) groups is 1. The number of ketones is 1. The van der Waals surface area contributed by atoms with Gasteiger partial charge >= 0.3 is 0 Å². The molecule has 1 atom stereocenters. The van der Waals surface area contributed by atoms with Gasteiger partial charge in [0.05, 0.1) is 10.6 Å². The minimum atomic E-state index is -0.462. The molecule has 1 amide bonds. The maximum atomic E-state index is 13.8. The molecule has 4 rings (SSSR count). The number of anilines is 1. The molecule has 0 unspecified atom stereocenters. The molecule has 0 aliphatic heterocycles. The number of fused-ring (bicyclic) bond motifs is 3. The van der Waals surface area contributed by atoms with Crippen molar-refractivity contribution in [3.05, 3.63) is 50.6 Å². The summed E-state index contributed by atoms with van der Waals surface area (Å²) in [5.74, 6) is -0.231. The number of hydrogen-bond donors (Lipinski definition) is 1. The molecule has 1 N–H and O–H groups in total. The monoisotopic (exact) mass is 539 g/mol. The molecule has 1 aromatic carbocycles. The number of hydrogen-bond acceptors (Lipinski definition) is 6. The Balaban J connectivity index is 1.57. The first-order valence-electron chi connectivity index (χ1n) is 13.5. The molecule has 0 saturated heterocycles. The number of benzene rings is 1. The number of Topliss-reactive ketones (excluding diaryl/α,β-unsaturated/α-hetero) is 1. The van der Waals surface area contributed by atoms with Crippen molar-refractivity contribution in [2.75, 3.05) is 5.32 Å². The van der Waals surface area contributed by atoms with Gasteiger partial charge in [-0.1, -0.05) is 62.9 Å². The number of carbonyl (C=O) groups is 2. The average Bonchev–Trinajstić information content (AvgIpc) is 3.26. The second-order valence-corrected chi connectivity index (χ2v) is 12.3. The molecule has 0 radical (unpaired) electrons. The first kappa shape index (κ1) is 27.6. The number of aromatic nitrogens is 2. The number of thiophene rings is 1. The van der Waals surface area contributed by atoms with Crippen molar-refractivity contribution in [2.24, 2.45) is 0 Å². The number of rotatable bonds is 12. The number of nitrogens with zero attached hydrogens (tertiary/aromatic N) is 2. The number of unbranched alkanes of at least 4 members (excludes halogenated alkanes) is 5. The van der Waals surface area contributed by atoms with E-state index in [9.17, 15) is 14.4 Å². The Morgan fingerprint density at radius 2 is 1.89 bits per heavy atom. The van der Waals surface area contributed by atoms with Gasteiger partial charge in [-0.3, -0.25) is 19.0 Å². The number of nitrogens with one attached hydrogen (secondary N) is 1. The Morgan fingerprint density at radius 3 is 2.68 bits per heavy atom. The topological polar surface area (TPSA) is 81.1 Å². The van der Waals surface area contributed by atoms with E-state index in [1.165, 1.54) is 54.8 Å². The number of amides is 1. The van der Waals surface area contributed by atoms with Gasteiger partial charge in [0.1, 0.15) is 4.83 Å². The summed E-state index contributed by atoms with van der Waals surface area (Å²) in [6.45, 7) is 6.17. The fourth-order valence-corrected chi connectivity index (χ4v) is 7.07. The van der Waals surface area contributed by atoms with Crippen LogP contribution < -0.4 is 10.9 Å². The molecule has 198 valence electrons. The lowest BCUT2D eigenvalue weighted by Crippen LogP contribution is -2.27. The van der Waals surface area contributed by atoms with Gasteiger partial charge in [-0.15, -0.1) is 11.3 Å². The Labute approximate surface area is 227 Å². The standard InChI is InChI=1S/C29H37N3O3S2/c1-4-5-6-7-8-11-17-32-28(35)25-23-15-9-10-16-24(23)37-27(25)31-29(32)36-20(3)26(34)30-22-14-12-13-21(18-22)19(2)33/h12-14,18,20H,4-11,15-17H2,1-3H3,(H,30,34)/t20-/m1/s1. The Hall–Kier alpha value is -2.45. The summed E-state index contributed by atoms with van der Waals surface area (Å²) in [7, 11) is 0. The van der Waals surface area contributed by atoms with E-state index in [-0.39, 0.29) is 17.2 Å². The quantitative estimate of drug-likeness (QED) is 0.116. The van der Waals surface area contributed by atoms with Crippen molar-refractivity contribution < 1.29 is 9.59 Å². The lowest BCUT2D eigenvalue weighted by molar-refractivity contribution is -0.115. The van der Waals surface area contributed by atoms with Crippen LogP contribution in [-0.4, -0.2) is 26.5 Å². The molecular formula is C29H37N3O3S2. The zero-order chi connectivity index (χ0) is 26.4. The van der Waals surface area contributed by atoms with Gasteiger partial charge in [0.2, 0.25) is 5.91 Å². The van der Waals surface area contributed by atoms with Gasteiger partial charge in [-0.05, 0) is 63.6 Å². The summed E-state index contributed by atoms with van der Waals surface area (Å²) in [5, 5.41) is 3.87. The van der Waals surface area contributed by atoms with Crippen molar-refractivity contribution in [1.82, 2.24) is 9.55 Å². The van der Waals surface area contributed by atoms with Crippen LogP contribution in [0.1, 0.15) is 92.9 Å². The second kappa shape index (κ2) is 12.9. The van der Waals surface area contributed by atoms with E-state index < -0.39 is 5.25 Å². The van der Waals surface area contributed by atoms with Gasteiger partial charge in [0.15, 0.2) is 10.9 Å². The van der Waals surface area contributed by atoms with Crippen LogP contribution in [0.5, 0.6) is 0 Å².